The smallest absolute Gasteiger partial charge is 0.543 e. The van der Waals surface area contributed by atoms with Crippen LogP contribution in [0.2, 0.25) is 5.02 Å². The Morgan fingerprint density at radius 3 is 2.62 bits per heavy atom. The van der Waals surface area contributed by atoms with Gasteiger partial charge in [0.2, 0.25) is 5.91 Å². The van der Waals surface area contributed by atoms with Crippen molar-refractivity contribution in [3.63, 3.8) is 0 Å². The van der Waals surface area contributed by atoms with Crippen LogP contribution in [0.25, 0.3) is 0 Å². The van der Waals surface area contributed by atoms with E-state index < -0.39 is 28.7 Å². The van der Waals surface area contributed by atoms with E-state index in [0.29, 0.717) is 29.2 Å². The fourth-order valence-electron chi connectivity index (χ4n) is 4.45. The molecule has 0 spiro atoms. The van der Waals surface area contributed by atoms with E-state index in [1.54, 1.807) is 13.0 Å². The molecule has 0 unspecified atom stereocenters. The number of carboxylic acids is 1. The van der Waals surface area contributed by atoms with E-state index in [9.17, 15) is 19.5 Å². The number of hydrogen-bond acceptors (Lipinski definition) is 5. The average molecular weight is 443 g/mol. The zero-order valence-electron chi connectivity index (χ0n) is 16.4. The summed E-state index contributed by atoms with van der Waals surface area (Å²) in [6.45, 7) is 1.68. The maximum absolute atomic E-state index is 13.3. The van der Waals surface area contributed by atoms with Crippen LogP contribution in [0.15, 0.2) is 35.5 Å². The first-order valence-corrected chi connectivity index (χ1v) is 10.7. The largest absolute Gasteiger partial charge is 1.00 e. The summed E-state index contributed by atoms with van der Waals surface area (Å²) in [6, 6.07) is 6.60. The number of carbonyl (C=O) groups is 3. The molecule has 0 aromatic heterocycles. The molecule has 2 atom stereocenters. The zero-order valence-corrected chi connectivity index (χ0v) is 19.9. The quantitative estimate of drug-likeness (QED) is 0.456. The van der Waals surface area contributed by atoms with Crippen molar-refractivity contribution >= 4 is 41.1 Å². The predicted octanol–water partition coefficient (Wildman–Crippen LogP) is -1.42. The van der Waals surface area contributed by atoms with E-state index in [-0.39, 0.29) is 41.2 Å². The van der Waals surface area contributed by atoms with Crippen LogP contribution in [0.1, 0.15) is 38.2 Å². The fourth-order valence-corrected chi connectivity index (χ4v) is 5.94. The molecule has 9 heteroatoms. The van der Waals surface area contributed by atoms with Crippen LogP contribution in [0.4, 0.5) is 0 Å². The van der Waals surface area contributed by atoms with Gasteiger partial charge in [-0.2, -0.15) is 0 Å². The van der Waals surface area contributed by atoms with Crippen LogP contribution in [-0.2, 0) is 19.8 Å². The summed E-state index contributed by atoms with van der Waals surface area (Å²) < 4.78 is 0. The minimum Gasteiger partial charge on any atom is -0.543 e. The topological polar surface area (TPSA) is 89.5 Å². The summed E-state index contributed by atoms with van der Waals surface area (Å²) >= 11 is 7.60. The number of halogens is 1. The maximum Gasteiger partial charge on any atom is 1.00 e. The third-order valence-corrected chi connectivity index (χ3v) is 7.57. The number of thioether (sulfide) groups is 1. The third kappa shape index (κ3) is 3.76. The zero-order chi connectivity index (χ0) is 20.1. The van der Waals surface area contributed by atoms with Crippen LogP contribution in [0.5, 0.6) is 0 Å². The van der Waals surface area contributed by atoms with Gasteiger partial charge in [0.1, 0.15) is 11.4 Å². The molecular weight excluding hydrogens is 423 g/mol. The number of carboxylic acid groups (broad SMARTS) is 1. The summed E-state index contributed by atoms with van der Waals surface area (Å²) in [7, 11) is 0. The molecule has 2 amide bonds. The van der Waals surface area contributed by atoms with Gasteiger partial charge in [-0.25, -0.2) is 0 Å². The molecule has 1 saturated heterocycles. The molecule has 1 aliphatic carbocycles. The Morgan fingerprint density at radius 1 is 1.31 bits per heavy atom. The summed E-state index contributed by atoms with van der Waals surface area (Å²) in [5.41, 5.74) is 0.699. The number of β-lactam (4-membered cyclic amide) rings is 1. The number of amides is 2. The molecule has 4 rings (SSSR count). The molecule has 29 heavy (non-hydrogen) atoms. The Hall–Kier alpha value is -0.990. The predicted molar refractivity (Wildman–Crippen MR) is 104 cm³/mol. The third-order valence-electron chi connectivity index (χ3n) is 5.91. The Kier molecular flexibility index (Phi) is 6.75. The van der Waals surface area contributed by atoms with Crippen molar-refractivity contribution in [2.45, 2.75) is 49.4 Å². The van der Waals surface area contributed by atoms with Gasteiger partial charge in [-0.05, 0) is 43.0 Å². The van der Waals surface area contributed by atoms with Crippen molar-refractivity contribution in [1.29, 1.82) is 0 Å². The summed E-state index contributed by atoms with van der Waals surface area (Å²) in [5.74, 6) is -1.45. The van der Waals surface area contributed by atoms with Gasteiger partial charge in [0.15, 0.2) is 0 Å². The molecule has 148 valence electrons. The van der Waals surface area contributed by atoms with E-state index in [4.69, 9.17) is 11.6 Å². The number of benzene rings is 1. The average Bonchev–Trinajstić information content (AvgIpc) is 3.16. The fraction of sp³-hybridized carbons (Fsp3) is 0.450. The monoisotopic (exact) mass is 442 g/mol. The normalized spacial score (nSPS) is 25.0. The van der Waals surface area contributed by atoms with Crippen molar-refractivity contribution in [1.82, 2.24) is 10.2 Å². The van der Waals surface area contributed by atoms with Crippen LogP contribution in [0, 0.1) is 0 Å². The van der Waals surface area contributed by atoms with Gasteiger partial charge in [-0.1, -0.05) is 36.6 Å². The van der Waals surface area contributed by atoms with Gasteiger partial charge in [0.05, 0.1) is 17.1 Å². The molecule has 6 nitrogen and oxygen atoms in total. The van der Waals surface area contributed by atoms with Gasteiger partial charge in [-0.15, -0.1) is 11.8 Å². The van der Waals surface area contributed by atoms with Crippen LogP contribution >= 0.6 is 23.4 Å². The van der Waals surface area contributed by atoms with E-state index in [2.05, 4.69) is 5.32 Å². The van der Waals surface area contributed by atoms with Crippen molar-refractivity contribution in [2.24, 2.45) is 0 Å². The summed E-state index contributed by atoms with van der Waals surface area (Å²) in [5, 5.41) is 14.5. The molecule has 1 aromatic rings. The molecule has 1 N–H and O–H groups in total. The second-order valence-corrected chi connectivity index (χ2v) is 9.12. The molecule has 1 saturated carbocycles. The molecule has 2 aliphatic heterocycles. The molecule has 2 fully saturated rings. The first kappa shape index (κ1) is 22.7. The van der Waals surface area contributed by atoms with Gasteiger partial charge in [0, 0.05) is 10.8 Å². The number of nitrogens with one attached hydrogen (secondary N) is 1. The molecule has 2 heterocycles. The van der Waals surface area contributed by atoms with E-state index >= 15 is 0 Å². The molecule has 3 aliphatic rings. The Morgan fingerprint density at radius 2 is 2.00 bits per heavy atom. The number of aliphatic carboxylic acids is 1. The molecule has 1 aromatic carbocycles. The molecular formula is C20H20ClN2NaO4S. The Balaban J connectivity index is 0.00000240. The first-order chi connectivity index (χ1) is 13.3. The van der Waals surface area contributed by atoms with Crippen LogP contribution in [0.3, 0.4) is 0 Å². The van der Waals surface area contributed by atoms with E-state index in [1.807, 2.05) is 18.2 Å². The number of nitrogens with zero attached hydrogens (tertiary/aromatic N) is 1. The second kappa shape index (κ2) is 8.63. The Labute approximate surface area is 200 Å². The van der Waals surface area contributed by atoms with Crippen molar-refractivity contribution < 1.29 is 49.0 Å². The van der Waals surface area contributed by atoms with Crippen LogP contribution < -0.4 is 40.0 Å². The number of fused-ring (bicyclic) bond motifs is 1. The van der Waals surface area contributed by atoms with Gasteiger partial charge >= 0.3 is 29.6 Å². The van der Waals surface area contributed by atoms with Gasteiger partial charge in [-0.3, -0.25) is 14.5 Å². The second-order valence-electron chi connectivity index (χ2n) is 7.58. The number of rotatable bonds is 4. The number of carbonyl (C=O) groups excluding carboxylic acids is 3. The SMILES string of the molecule is CC1=C(C(=O)[O-])N2C(=O)[C@@H](NC(=O)C3(c4cccc(Cl)c4)CCCC3)[C@H]2SC1.[Na+]. The van der Waals surface area contributed by atoms with Crippen molar-refractivity contribution in [3.05, 3.63) is 46.1 Å². The van der Waals surface area contributed by atoms with E-state index in [1.165, 1.54) is 16.7 Å². The van der Waals surface area contributed by atoms with Crippen molar-refractivity contribution in [2.75, 3.05) is 5.75 Å². The van der Waals surface area contributed by atoms with Gasteiger partial charge < -0.3 is 15.2 Å². The van der Waals surface area contributed by atoms with E-state index in [0.717, 1.165) is 18.4 Å². The Bertz CT molecular complexity index is 900. The summed E-state index contributed by atoms with van der Waals surface area (Å²) in [6.07, 6.45) is 3.26. The summed E-state index contributed by atoms with van der Waals surface area (Å²) in [4.78, 5) is 38.6. The van der Waals surface area contributed by atoms with Crippen LogP contribution in [-0.4, -0.2) is 39.9 Å². The molecule has 0 radical (unpaired) electrons. The maximum atomic E-state index is 13.3. The first-order valence-electron chi connectivity index (χ1n) is 9.28. The minimum atomic E-state index is -1.35. The minimum absolute atomic E-state index is 0. The standard InChI is InChI=1S/C20H21ClN2O4S.Na/c1-11-10-28-17-14(16(24)23(17)15(11)18(25)26)22-19(27)20(7-2-3-8-20)12-5-4-6-13(21)9-12;/h4-6,9,14,17H,2-3,7-8,10H2,1H3,(H,22,27)(H,25,26);/q;+1/p-1/t14-,17-;/m1./s1. The number of hydrogen-bond donors (Lipinski definition) is 1. The van der Waals surface area contributed by atoms with Gasteiger partial charge in [0.25, 0.3) is 5.91 Å². The molecule has 0 bridgehead atoms. The van der Waals surface area contributed by atoms with Crippen molar-refractivity contribution in [3.8, 4) is 0 Å².